The highest BCUT2D eigenvalue weighted by atomic mass is 32.2. The van der Waals surface area contributed by atoms with E-state index in [1.165, 1.54) is 11.8 Å². The van der Waals surface area contributed by atoms with Crippen LogP contribution in [0.25, 0.3) is 27.1 Å². The number of benzene rings is 3. The summed E-state index contributed by atoms with van der Waals surface area (Å²) < 4.78 is 7.50. The van der Waals surface area contributed by atoms with E-state index in [4.69, 9.17) is 4.74 Å². The molecule has 0 fully saturated rings. The molecule has 0 saturated heterocycles. The van der Waals surface area contributed by atoms with Gasteiger partial charge in [0, 0.05) is 5.56 Å². The van der Waals surface area contributed by atoms with Crippen molar-refractivity contribution < 1.29 is 4.74 Å². The normalized spacial score (nSPS) is 11.6. The summed E-state index contributed by atoms with van der Waals surface area (Å²) in [7, 11) is 1.65. The van der Waals surface area contributed by atoms with Gasteiger partial charge in [0.25, 0.3) is 0 Å². The van der Waals surface area contributed by atoms with Gasteiger partial charge in [-0.05, 0) is 46.8 Å². The number of allylic oxidation sites excluding steroid dienone is 1. The molecule has 0 aliphatic heterocycles. The molecule has 0 spiro atoms. The minimum atomic E-state index is 0.582. The Kier molecular flexibility index (Phi) is 4.61. The van der Waals surface area contributed by atoms with Crippen LogP contribution in [0.1, 0.15) is 5.56 Å². The first-order valence-electron chi connectivity index (χ1n) is 7.99. The second kappa shape index (κ2) is 7.20. The van der Waals surface area contributed by atoms with Crippen LogP contribution in [-0.4, -0.2) is 12.1 Å². The summed E-state index contributed by atoms with van der Waals surface area (Å²) in [5.41, 5.74) is 1.87. The average molecular weight is 374 g/mol. The fraction of sp³-hybridized carbons (Fsp3) is 0.0476. The van der Waals surface area contributed by atoms with Gasteiger partial charge >= 0.3 is 0 Å². The highest BCUT2D eigenvalue weighted by molar-refractivity contribution is 8.05. The molecule has 4 aromatic rings. The Bertz CT molecular complexity index is 1140. The summed E-state index contributed by atoms with van der Waals surface area (Å²) in [5.74, 6) is 0.751. The number of thiazole rings is 1. The van der Waals surface area contributed by atoms with Crippen LogP contribution >= 0.6 is 23.1 Å². The van der Waals surface area contributed by atoms with Gasteiger partial charge < -0.3 is 4.74 Å². The zero-order valence-electron chi connectivity index (χ0n) is 14.0. The Hall–Kier alpha value is -2.81. The third-order valence-electron chi connectivity index (χ3n) is 4.01. The largest absolute Gasteiger partial charge is 0.496 e. The molecule has 1 aromatic heterocycles. The first kappa shape index (κ1) is 16.6. The second-order valence-electron chi connectivity index (χ2n) is 5.57. The van der Waals surface area contributed by atoms with E-state index in [9.17, 15) is 5.26 Å². The Morgan fingerprint density at radius 1 is 1.12 bits per heavy atom. The van der Waals surface area contributed by atoms with Gasteiger partial charge in [0.15, 0.2) is 4.34 Å². The number of nitrogens with zero attached hydrogens (tertiary/aromatic N) is 2. The number of ether oxygens (including phenoxy) is 1. The van der Waals surface area contributed by atoms with Crippen molar-refractivity contribution >= 4 is 50.2 Å². The molecular formula is C21H14N2OS2. The molecule has 0 amide bonds. The van der Waals surface area contributed by atoms with E-state index in [-0.39, 0.29) is 0 Å². The van der Waals surface area contributed by atoms with Crippen LogP contribution < -0.4 is 4.74 Å². The molecule has 0 radical (unpaired) electrons. The van der Waals surface area contributed by atoms with Gasteiger partial charge in [-0.2, -0.15) is 5.26 Å². The van der Waals surface area contributed by atoms with Crippen LogP contribution in [0.15, 0.2) is 69.9 Å². The summed E-state index contributed by atoms with van der Waals surface area (Å²) in [6.07, 6.45) is 1.89. The van der Waals surface area contributed by atoms with Gasteiger partial charge in [0.2, 0.25) is 0 Å². The number of para-hydroxylation sites is 1. The maximum Gasteiger partial charge on any atom is 0.156 e. The lowest BCUT2D eigenvalue weighted by molar-refractivity contribution is 0.414. The summed E-state index contributed by atoms with van der Waals surface area (Å²) in [5, 5.41) is 11.8. The molecule has 26 heavy (non-hydrogen) atoms. The number of hydrogen-bond donors (Lipinski definition) is 0. The topological polar surface area (TPSA) is 45.9 Å². The maximum absolute atomic E-state index is 9.66. The predicted molar refractivity (Wildman–Crippen MR) is 110 cm³/mol. The molecule has 0 saturated carbocycles. The number of nitriles is 1. The molecule has 0 N–H and O–H groups in total. The van der Waals surface area contributed by atoms with Crippen molar-refractivity contribution in [2.24, 2.45) is 0 Å². The number of rotatable bonds is 4. The molecule has 126 valence electrons. The SMILES string of the molecule is COc1ccc2ccccc2c1C=C(C#N)Sc1nc2ccccc2s1. The lowest BCUT2D eigenvalue weighted by Crippen LogP contribution is -1.89. The standard InChI is InChI=1S/C21H14N2OS2/c1-24-19-11-10-14-6-2-3-7-16(14)17(19)12-15(13-22)25-21-23-18-8-4-5-9-20(18)26-21/h2-12H,1H3. The zero-order chi connectivity index (χ0) is 17.9. The van der Waals surface area contributed by atoms with E-state index in [1.54, 1.807) is 18.4 Å². The first-order chi connectivity index (χ1) is 12.8. The second-order valence-corrected chi connectivity index (χ2v) is 7.89. The van der Waals surface area contributed by atoms with Gasteiger partial charge in [-0.15, -0.1) is 11.3 Å². The molecule has 5 heteroatoms. The molecule has 0 aliphatic carbocycles. The first-order valence-corrected chi connectivity index (χ1v) is 9.63. The number of thioether (sulfide) groups is 1. The van der Waals surface area contributed by atoms with E-state index >= 15 is 0 Å². The molecule has 4 rings (SSSR count). The van der Waals surface area contributed by atoms with Crippen molar-refractivity contribution in [1.82, 2.24) is 4.98 Å². The van der Waals surface area contributed by atoms with Crippen molar-refractivity contribution in [3.63, 3.8) is 0 Å². The Morgan fingerprint density at radius 3 is 2.73 bits per heavy atom. The third-order valence-corrected chi connectivity index (χ3v) is 6.03. The fourth-order valence-corrected chi connectivity index (χ4v) is 4.76. The van der Waals surface area contributed by atoms with E-state index in [0.29, 0.717) is 4.91 Å². The van der Waals surface area contributed by atoms with Crippen molar-refractivity contribution in [1.29, 1.82) is 5.26 Å². The predicted octanol–water partition coefficient (Wildman–Crippen LogP) is 6.11. The molecule has 1 heterocycles. The minimum absolute atomic E-state index is 0.582. The van der Waals surface area contributed by atoms with E-state index in [2.05, 4.69) is 17.1 Å². The Morgan fingerprint density at radius 2 is 1.92 bits per heavy atom. The molecule has 0 aliphatic rings. The van der Waals surface area contributed by atoms with Crippen molar-refractivity contribution in [3.05, 3.63) is 71.1 Å². The number of fused-ring (bicyclic) bond motifs is 2. The minimum Gasteiger partial charge on any atom is -0.496 e. The molecule has 3 nitrogen and oxygen atoms in total. The lowest BCUT2D eigenvalue weighted by atomic mass is 10.0. The van der Waals surface area contributed by atoms with Gasteiger partial charge in [-0.1, -0.05) is 42.5 Å². The van der Waals surface area contributed by atoms with Crippen LogP contribution in [0.3, 0.4) is 0 Å². The summed E-state index contributed by atoms with van der Waals surface area (Å²) in [6.45, 7) is 0. The van der Waals surface area contributed by atoms with Crippen molar-refractivity contribution in [2.45, 2.75) is 4.34 Å². The lowest BCUT2D eigenvalue weighted by Gasteiger charge is -2.09. The number of hydrogen-bond acceptors (Lipinski definition) is 5. The average Bonchev–Trinajstić information content (AvgIpc) is 3.10. The van der Waals surface area contributed by atoms with E-state index in [0.717, 1.165) is 36.6 Å². The van der Waals surface area contributed by atoms with E-state index in [1.807, 2.05) is 60.7 Å². The summed E-state index contributed by atoms with van der Waals surface area (Å²) in [6, 6.07) is 22.3. The van der Waals surface area contributed by atoms with Gasteiger partial charge in [0.05, 0.1) is 22.2 Å². The zero-order valence-corrected chi connectivity index (χ0v) is 15.6. The quantitative estimate of drug-likeness (QED) is 0.319. The smallest absolute Gasteiger partial charge is 0.156 e. The van der Waals surface area contributed by atoms with Crippen LogP contribution in [0, 0.1) is 11.3 Å². The highest BCUT2D eigenvalue weighted by Crippen LogP contribution is 2.37. The van der Waals surface area contributed by atoms with Crippen LogP contribution in [-0.2, 0) is 0 Å². The van der Waals surface area contributed by atoms with Crippen molar-refractivity contribution in [3.8, 4) is 11.8 Å². The molecule has 3 aromatic carbocycles. The van der Waals surface area contributed by atoms with Crippen LogP contribution in [0.4, 0.5) is 0 Å². The number of aromatic nitrogens is 1. The summed E-state index contributed by atoms with van der Waals surface area (Å²) >= 11 is 2.98. The van der Waals surface area contributed by atoms with Crippen molar-refractivity contribution in [2.75, 3.05) is 7.11 Å². The Balaban J connectivity index is 1.78. The Labute approximate surface area is 159 Å². The van der Waals surface area contributed by atoms with Crippen LogP contribution in [0.2, 0.25) is 0 Å². The third kappa shape index (κ3) is 3.17. The van der Waals surface area contributed by atoms with Gasteiger partial charge in [0.1, 0.15) is 11.8 Å². The molecular weight excluding hydrogens is 360 g/mol. The van der Waals surface area contributed by atoms with E-state index < -0.39 is 0 Å². The van der Waals surface area contributed by atoms with Crippen LogP contribution in [0.5, 0.6) is 5.75 Å². The van der Waals surface area contributed by atoms with Gasteiger partial charge in [-0.25, -0.2) is 4.98 Å². The number of methoxy groups -OCH3 is 1. The van der Waals surface area contributed by atoms with Gasteiger partial charge in [-0.3, -0.25) is 0 Å². The monoisotopic (exact) mass is 374 g/mol. The molecule has 0 unspecified atom stereocenters. The maximum atomic E-state index is 9.66. The fourth-order valence-electron chi connectivity index (χ4n) is 2.81. The highest BCUT2D eigenvalue weighted by Gasteiger charge is 2.11. The summed E-state index contributed by atoms with van der Waals surface area (Å²) in [4.78, 5) is 5.19. The molecule has 0 bridgehead atoms. The molecule has 0 atom stereocenters.